The lowest BCUT2D eigenvalue weighted by atomic mass is 9.96. The highest BCUT2D eigenvalue weighted by Crippen LogP contribution is 2.21. The van der Waals surface area contributed by atoms with Gasteiger partial charge in [0.05, 0.1) is 6.10 Å². The summed E-state index contributed by atoms with van der Waals surface area (Å²) < 4.78 is 5.95. The molecular weight excluding hydrogens is 264 g/mol. The Morgan fingerprint density at radius 2 is 1.95 bits per heavy atom. The van der Waals surface area contributed by atoms with E-state index in [1.54, 1.807) is 0 Å². The first kappa shape index (κ1) is 16.8. The van der Waals surface area contributed by atoms with E-state index in [0.29, 0.717) is 0 Å². The molecule has 2 N–H and O–H groups in total. The lowest BCUT2D eigenvalue weighted by Crippen LogP contribution is -2.39. The molecule has 4 heteroatoms. The Kier molecular flexibility index (Phi) is 7.51. The highest BCUT2D eigenvalue weighted by atomic mass is 16.5. The van der Waals surface area contributed by atoms with Crippen molar-refractivity contribution in [3.05, 3.63) is 0 Å². The number of carbonyl (C=O) groups excluding carboxylic acids is 1. The second-order valence-electron chi connectivity index (χ2n) is 6.68. The standard InChI is InChI=1S/C17H32N2O2/c1-14(21-16-8-4-2-3-5-9-16)17(20)19-12-10-15-7-6-11-18-13-15/h14-16,18H,2-13H2,1H3,(H,19,20). The Morgan fingerprint density at radius 3 is 2.62 bits per heavy atom. The van der Waals surface area contributed by atoms with Crippen molar-refractivity contribution in [3.63, 3.8) is 0 Å². The maximum absolute atomic E-state index is 12.1. The third-order valence-corrected chi connectivity index (χ3v) is 4.82. The zero-order valence-electron chi connectivity index (χ0n) is 13.5. The molecule has 0 aromatic rings. The predicted molar refractivity (Wildman–Crippen MR) is 85.3 cm³/mol. The predicted octanol–water partition coefficient (Wildman–Crippen LogP) is 2.62. The average Bonchev–Trinajstić information content (AvgIpc) is 2.77. The Hall–Kier alpha value is -0.610. The van der Waals surface area contributed by atoms with Crippen LogP contribution in [0.2, 0.25) is 0 Å². The van der Waals surface area contributed by atoms with Crippen molar-refractivity contribution in [1.29, 1.82) is 0 Å². The number of hydrogen-bond acceptors (Lipinski definition) is 3. The van der Waals surface area contributed by atoms with E-state index in [1.165, 1.54) is 38.5 Å². The van der Waals surface area contributed by atoms with Crippen LogP contribution in [0.1, 0.15) is 64.7 Å². The van der Waals surface area contributed by atoms with Crippen molar-refractivity contribution in [2.45, 2.75) is 76.9 Å². The number of piperidine rings is 1. The van der Waals surface area contributed by atoms with Crippen LogP contribution in [0.3, 0.4) is 0 Å². The van der Waals surface area contributed by atoms with Crippen molar-refractivity contribution in [1.82, 2.24) is 10.6 Å². The fraction of sp³-hybridized carbons (Fsp3) is 0.941. The molecule has 0 bridgehead atoms. The largest absolute Gasteiger partial charge is 0.365 e. The van der Waals surface area contributed by atoms with Gasteiger partial charge in [0.25, 0.3) is 0 Å². The van der Waals surface area contributed by atoms with Gasteiger partial charge in [-0.2, -0.15) is 0 Å². The van der Waals surface area contributed by atoms with E-state index >= 15 is 0 Å². The number of rotatable bonds is 6. The molecule has 122 valence electrons. The van der Waals surface area contributed by atoms with Gasteiger partial charge in [0, 0.05) is 6.54 Å². The van der Waals surface area contributed by atoms with Crippen molar-refractivity contribution >= 4 is 5.91 Å². The summed E-state index contributed by atoms with van der Waals surface area (Å²) in [6, 6.07) is 0. The maximum Gasteiger partial charge on any atom is 0.248 e. The van der Waals surface area contributed by atoms with E-state index in [9.17, 15) is 4.79 Å². The molecule has 0 spiro atoms. The Balaban J connectivity index is 1.60. The highest BCUT2D eigenvalue weighted by molar-refractivity contribution is 5.80. The van der Waals surface area contributed by atoms with E-state index in [2.05, 4.69) is 10.6 Å². The van der Waals surface area contributed by atoms with Crippen LogP contribution in [0.4, 0.5) is 0 Å². The molecule has 2 rings (SSSR count). The molecule has 4 nitrogen and oxygen atoms in total. The van der Waals surface area contributed by atoms with Crippen LogP contribution in [0.15, 0.2) is 0 Å². The highest BCUT2D eigenvalue weighted by Gasteiger charge is 2.20. The van der Waals surface area contributed by atoms with Gasteiger partial charge >= 0.3 is 0 Å². The lowest BCUT2D eigenvalue weighted by Gasteiger charge is -2.24. The summed E-state index contributed by atoms with van der Waals surface area (Å²) in [4.78, 5) is 12.1. The summed E-state index contributed by atoms with van der Waals surface area (Å²) in [5.41, 5.74) is 0. The zero-order valence-corrected chi connectivity index (χ0v) is 13.5. The van der Waals surface area contributed by atoms with Crippen LogP contribution in [0, 0.1) is 5.92 Å². The molecule has 2 atom stereocenters. The number of ether oxygens (including phenoxy) is 1. The monoisotopic (exact) mass is 296 g/mol. The number of amides is 1. The van der Waals surface area contributed by atoms with Crippen LogP contribution in [0.5, 0.6) is 0 Å². The summed E-state index contributed by atoms with van der Waals surface area (Å²) in [5, 5.41) is 6.46. The van der Waals surface area contributed by atoms with Crippen LogP contribution in [-0.4, -0.2) is 37.7 Å². The second-order valence-corrected chi connectivity index (χ2v) is 6.68. The molecule has 0 radical (unpaired) electrons. The topological polar surface area (TPSA) is 50.4 Å². The first-order chi connectivity index (χ1) is 10.3. The fourth-order valence-electron chi connectivity index (χ4n) is 3.44. The van der Waals surface area contributed by atoms with Crippen LogP contribution in [0.25, 0.3) is 0 Å². The third kappa shape index (κ3) is 6.35. The third-order valence-electron chi connectivity index (χ3n) is 4.82. The fourth-order valence-corrected chi connectivity index (χ4v) is 3.44. The molecule has 1 heterocycles. The van der Waals surface area contributed by atoms with E-state index < -0.39 is 0 Å². The number of hydrogen-bond donors (Lipinski definition) is 2. The second kappa shape index (κ2) is 9.42. The van der Waals surface area contributed by atoms with Crippen LogP contribution < -0.4 is 10.6 Å². The molecule has 2 aliphatic rings. The summed E-state index contributed by atoms with van der Waals surface area (Å²) >= 11 is 0. The Morgan fingerprint density at radius 1 is 1.19 bits per heavy atom. The molecule has 2 unspecified atom stereocenters. The smallest absolute Gasteiger partial charge is 0.248 e. The molecule has 21 heavy (non-hydrogen) atoms. The maximum atomic E-state index is 12.1. The van der Waals surface area contributed by atoms with Crippen molar-refractivity contribution in [2.75, 3.05) is 19.6 Å². The van der Waals surface area contributed by atoms with Gasteiger partial charge in [-0.05, 0) is 58.0 Å². The van der Waals surface area contributed by atoms with Crippen LogP contribution in [-0.2, 0) is 9.53 Å². The number of nitrogens with one attached hydrogen (secondary N) is 2. The van der Waals surface area contributed by atoms with Gasteiger partial charge in [0.1, 0.15) is 6.10 Å². The van der Waals surface area contributed by atoms with Gasteiger partial charge in [-0.1, -0.05) is 25.7 Å². The minimum absolute atomic E-state index is 0.0583. The summed E-state index contributed by atoms with van der Waals surface area (Å²) in [5.74, 6) is 0.778. The van der Waals surface area contributed by atoms with Gasteiger partial charge in [0.15, 0.2) is 0 Å². The molecule has 1 amide bonds. The SMILES string of the molecule is CC(OC1CCCCCC1)C(=O)NCCC1CCCNC1. The molecule has 1 saturated carbocycles. The van der Waals surface area contributed by atoms with E-state index in [4.69, 9.17) is 4.74 Å². The van der Waals surface area contributed by atoms with Gasteiger partial charge < -0.3 is 15.4 Å². The minimum atomic E-state index is -0.308. The molecule has 1 saturated heterocycles. The van der Waals surface area contributed by atoms with Crippen LogP contribution >= 0.6 is 0 Å². The van der Waals surface area contributed by atoms with E-state index in [1.807, 2.05) is 6.92 Å². The van der Waals surface area contributed by atoms with Crippen molar-refractivity contribution in [2.24, 2.45) is 5.92 Å². The average molecular weight is 296 g/mol. The lowest BCUT2D eigenvalue weighted by molar-refractivity contribution is -0.135. The molecular formula is C17H32N2O2. The first-order valence-electron chi connectivity index (χ1n) is 8.89. The van der Waals surface area contributed by atoms with Gasteiger partial charge in [0.2, 0.25) is 5.91 Å². The van der Waals surface area contributed by atoms with Gasteiger partial charge in [-0.15, -0.1) is 0 Å². The minimum Gasteiger partial charge on any atom is -0.365 e. The van der Waals surface area contributed by atoms with E-state index in [-0.39, 0.29) is 18.1 Å². The van der Waals surface area contributed by atoms with Crippen molar-refractivity contribution < 1.29 is 9.53 Å². The number of carbonyl (C=O) groups is 1. The Labute approximate surface area is 129 Å². The van der Waals surface area contributed by atoms with Gasteiger partial charge in [-0.3, -0.25) is 4.79 Å². The summed E-state index contributed by atoms with van der Waals surface area (Å²) in [6.07, 6.45) is 11.0. The van der Waals surface area contributed by atoms with Gasteiger partial charge in [-0.25, -0.2) is 0 Å². The first-order valence-corrected chi connectivity index (χ1v) is 8.89. The molecule has 1 aliphatic heterocycles. The van der Waals surface area contributed by atoms with E-state index in [0.717, 1.165) is 44.8 Å². The summed E-state index contributed by atoms with van der Waals surface area (Å²) in [6.45, 7) is 4.92. The zero-order chi connectivity index (χ0) is 14.9. The molecule has 0 aromatic heterocycles. The normalized spacial score (nSPS) is 26.0. The molecule has 1 aliphatic carbocycles. The van der Waals surface area contributed by atoms with Crippen molar-refractivity contribution in [3.8, 4) is 0 Å². The quantitative estimate of drug-likeness (QED) is 0.741. The molecule has 2 fully saturated rings. The summed E-state index contributed by atoms with van der Waals surface area (Å²) in [7, 11) is 0. The Bertz CT molecular complexity index is 295. The molecule has 0 aromatic carbocycles.